The summed E-state index contributed by atoms with van der Waals surface area (Å²) in [6, 6.07) is 6.64. The molecule has 6 heteroatoms. The molecular weight excluding hydrogens is 293 g/mol. The monoisotopic (exact) mass is 302 g/mol. The van der Waals surface area contributed by atoms with Gasteiger partial charge in [-0.3, -0.25) is 4.79 Å². The number of Topliss-reactive ketones (excluding diaryl/α,β-unsaturated/α-hetero) is 1. The lowest BCUT2D eigenvalue weighted by Crippen LogP contribution is -2.05. The van der Waals surface area contributed by atoms with Gasteiger partial charge in [0.15, 0.2) is 0 Å². The minimum absolute atomic E-state index is 0.0852. The van der Waals surface area contributed by atoms with Crippen LogP contribution in [0.25, 0.3) is 11.3 Å². The van der Waals surface area contributed by atoms with Gasteiger partial charge in [-0.2, -0.15) is 13.2 Å². The van der Waals surface area contributed by atoms with Crippen LogP contribution in [0.1, 0.15) is 18.2 Å². The molecule has 0 N–H and O–H groups in total. The number of hydrogen-bond acceptors (Lipinski definition) is 2. The molecule has 0 fully saturated rings. The third kappa shape index (κ3) is 3.22. The maximum absolute atomic E-state index is 12.8. The second-order valence-electron chi connectivity index (χ2n) is 4.34. The van der Waals surface area contributed by atoms with E-state index in [9.17, 15) is 18.0 Å². The van der Waals surface area contributed by atoms with Gasteiger partial charge in [-0.25, -0.2) is 0 Å². The largest absolute Gasteiger partial charge is 0.461 e. The van der Waals surface area contributed by atoms with Crippen LogP contribution in [0.5, 0.6) is 0 Å². The Labute approximate surface area is 118 Å². The predicted octanol–water partition coefficient (Wildman–Crippen LogP) is 4.75. The highest BCUT2D eigenvalue weighted by atomic mass is 35.5. The van der Waals surface area contributed by atoms with E-state index in [1.54, 1.807) is 6.07 Å². The molecule has 1 aromatic carbocycles. The van der Waals surface area contributed by atoms with Crippen molar-refractivity contribution in [2.45, 2.75) is 19.5 Å². The molecule has 0 spiro atoms. The van der Waals surface area contributed by atoms with Crippen molar-refractivity contribution >= 4 is 17.4 Å². The second-order valence-corrected chi connectivity index (χ2v) is 4.74. The summed E-state index contributed by atoms with van der Waals surface area (Å²) in [5.74, 6) is 0.595. The van der Waals surface area contributed by atoms with Gasteiger partial charge in [0.25, 0.3) is 0 Å². The highest BCUT2D eigenvalue weighted by Crippen LogP contribution is 2.37. The molecule has 1 heterocycles. The molecule has 2 aromatic rings. The molecule has 0 radical (unpaired) electrons. The van der Waals surface area contributed by atoms with E-state index in [0.29, 0.717) is 5.76 Å². The second kappa shape index (κ2) is 5.32. The molecule has 106 valence electrons. The summed E-state index contributed by atoms with van der Waals surface area (Å²) in [4.78, 5) is 11.0. The lowest BCUT2D eigenvalue weighted by Gasteiger charge is -2.09. The number of carbonyl (C=O) groups excluding carboxylic acids is 1. The van der Waals surface area contributed by atoms with Gasteiger partial charge in [-0.1, -0.05) is 11.6 Å². The molecule has 0 aliphatic carbocycles. The van der Waals surface area contributed by atoms with Crippen LogP contribution >= 0.6 is 11.6 Å². The Morgan fingerprint density at radius 1 is 1.25 bits per heavy atom. The van der Waals surface area contributed by atoms with Crippen LogP contribution in [0.2, 0.25) is 5.02 Å². The highest BCUT2D eigenvalue weighted by Gasteiger charge is 2.33. The Hall–Kier alpha value is -1.75. The lowest BCUT2D eigenvalue weighted by molar-refractivity contribution is -0.137. The normalized spacial score (nSPS) is 11.7. The summed E-state index contributed by atoms with van der Waals surface area (Å²) in [7, 11) is 0. The average Bonchev–Trinajstić information content (AvgIpc) is 2.75. The van der Waals surface area contributed by atoms with Crippen LogP contribution in [0.4, 0.5) is 13.2 Å². The van der Waals surface area contributed by atoms with Crippen molar-refractivity contribution in [1.82, 2.24) is 0 Å². The van der Waals surface area contributed by atoms with E-state index in [1.807, 2.05) is 0 Å². The van der Waals surface area contributed by atoms with Crippen LogP contribution in [0.15, 0.2) is 34.7 Å². The summed E-state index contributed by atoms with van der Waals surface area (Å²) in [5, 5.41) is -0.364. The molecule has 20 heavy (non-hydrogen) atoms. The van der Waals surface area contributed by atoms with Gasteiger partial charge in [0.05, 0.1) is 17.0 Å². The summed E-state index contributed by atoms with van der Waals surface area (Å²) >= 11 is 5.55. The SMILES string of the molecule is CC(=O)Cc1ccc(-c2ccc(Cl)c(C(F)(F)F)c2)o1. The van der Waals surface area contributed by atoms with Gasteiger partial charge in [0.1, 0.15) is 17.3 Å². The van der Waals surface area contributed by atoms with Gasteiger partial charge >= 0.3 is 6.18 Å². The number of ketones is 1. The van der Waals surface area contributed by atoms with E-state index in [1.165, 1.54) is 25.1 Å². The zero-order valence-electron chi connectivity index (χ0n) is 10.4. The average molecular weight is 303 g/mol. The number of benzene rings is 1. The van der Waals surface area contributed by atoms with Crippen molar-refractivity contribution in [2.75, 3.05) is 0 Å². The van der Waals surface area contributed by atoms with E-state index < -0.39 is 11.7 Å². The fraction of sp³-hybridized carbons (Fsp3) is 0.214. The zero-order valence-corrected chi connectivity index (χ0v) is 11.2. The van der Waals surface area contributed by atoms with Crippen molar-refractivity contribution < 1.29 is 22.4 Å². The minimum Gasteiger partial charge on any atom is -0.461 e. The van der Waals surface area contributed by atoms with Gasteiger partial charge in [-0.15, -0.1) is 0 Å². The van der Waals surface area contributed by atoms with E-state index >= 15 is 0 Å². The summed E-state index contributed by atoms with van der Waals surface area (Å²) in [5.41, 5.74) is -0.655. The third-order valence-electron chi connectivity index (χ3n) is 2.64. The zero-order chi connectivity index (χ0) is 14.9. The van der Waals surface area contributed by atoms with Crippen molar-refractivity contribution in [1.29, 1.82) is 0 Å². The molecule has 0 aliphatic heterocycles. The van der Waals surface area contributed by atoms with Crippen molar-refractivity contribution in [3.63, 3.8) is 0 Å². The number of halogens is 4. The van der Waals surface area contributed by atoms with E-state index in [0.717, 1.165) is 6.07 Å². The summed E-state index contributed by atoms with van der Waals surface area (Å²) in [6.07, 6.45) is -4.42. The first-order valence-electron chi connectivity index (χ1n) is 5.72. The van der Waals surface area contributed by atoms with Gasteiger partial charge in [-0.05, 0) is 37.3 Å². The van der Waals surface area contributed by atoms with Crippen LogP contribution in [0.3, 0.4) is 0 Å². The number of alkyl halides is 3. The molecule has 1 aromatic heterocycles. The van der Waals surface area contributed by atoms with Crippen LogP contribution in [-0.4, -0.2) is 5.78 Å². The first-order chi connectivity index (χ1) is 9.27. The number of furan rings is 1. The molecule has 0 unspecified atom stereocenters. The smallest absolute Gasteiger partial charge is 0.417 e. The molecule has 0 saturated carbocycles. The van der Waals surface area contributed by atoms with Crippen LogP contribution in [0, 0.1) is 0 Å². The van der Waals surface area contributed by atoms with E-state index in [2.05, 4.69) is 0 Å². The molecule has 0 aliphatic rings. The predicted molar refractivity (Wildman–Crippen MR) is 68.5 cm³/mol. The molecule has 0 atom stereocenters. The fourth-order valence-corrected chi connectivity index (χ4v) is 1.99. The molecule has 0 bridgehead atoms. The van der Waals surface area contributed by atoms with E-state index in [4.69, 9.17) is 16.0 Å². The maximum Gasteiger partial charge on any atom is 0.417 e. The first-order valence-corrected chi connectivity index (χ1v) is 6.10. The Morgan fingerprint density at radius 3 is 2.55 bits per heavy atom. The lowest BCUT2D eigenvalue weighted by atomic mass is 10.1. The number of rotatable bonds is 3. The summed E-state index contributed by atoms with van der Waals surface area (Å²) in [6.45, 7) is 1.41. The van der Waals surface area contributed by atoms with Crippen molar-refractivity contribution in [3.8, 4) is 11.3 Å². The quantitative estimate of drug-likeness (QED) is 0.819. The van der Waals surface area contributed by atoms with Crippen LogP contribution in [-0.2, 0) is 17.4 Å². The molecule has 0 amide bonds. The number of hydrogen-bond donors (Lipinski definition) is 0. The molecule has 0 saturated heterocycles. The van der Waals surface area contributed by atoms with Crippen molar-refractivity contribution in [3.05, 3.63) is 46.7 Å². The Morgan fingerprint density at radius 2 is 1.95 bits per heavy atom. The Balaban J connectivity index is 2.38. The highest BCUT2D eigenvalue weighted by molar-refractivity contribution is 6.31. The summed E-state index contributed by atoms with van der Waals surface area (Å²) < 4.78 is 43.6. The molecular formula is C14H10ClF3O2. The number of carbonyl (C=O) groups is 1. The van der Waals surface area contributed by atoms with E-state index in [-0.39, 0.29) is 28.6 Å². The molecule has 2 rings (SSSR count). The fourth-order valence-electron chi connectivity index (χ4n) is 1.77. The Kier molecular flexibility index (Phi) is 3.90. The van der Waals surface area contributed by atoms with Crippen molar-refractivity contribution in [2.24, 2.45) is 0 Å². The van der Waals surface area contributed by atoms with Gasteiger partial charge in [0.2, 0.25) is 0 Å². The standard InChI is InChI=1S/C14H10ClF3O2/c1-8(19)6-10-3-5-13(20-10)9-2-4-12(15)11(7-9)14(16,17)18/h2-5,7H,6H2,1H3. The van der Waals surface area contributed by atoms with Gasteiger partial charge in [0, 0.05) is 5.56 Å². The Bertz CT molecular complexity index is 644. The molecule has 2 nitrogen and oxygen atoms in total. The topological polar surface area (TPSA) is 30.2 Å². The van der Waals surface area contributed by atoms with Gasteiger partial charge < -0.3 is 4.42 Å². The van der Waals surface area contributed by atoms with Crippen LogP contribution < -0.4 is 0 Å². The maximum atomic E-state index is 12.8. The first kappa shape index (κ1) is 14.7. The minimum atomic E-state index is -4.53. The third-order valence-corrected chi connectivity index (χ3v) is 2.97.